The van der Waals surface area contributed by atoms with Gasteiger partial charge in [0.25, 0.3) is 5.91 Å². The molecular weight excluding hydrogens is 455 g/mol. The van der Waals surface area contributed by atoms with Gasteiger partial charge in [0.2, 0.25) is 11.8 Å². The summed E-state index contributed by atoms with van der Waals surface area (Å²) >= 11 is 0. The number of nitrogens with zero attached hydrogens (tertiary/aromatic N) is 4. The Hall–Kier alpha value is -3.44. The highest BCUT2D eigenvalue weighted by atomic mass is 19.4. The van der Waals surface area contributed by atoms with Gasteiger partial charge in [0.15, 0.2) is 12.7 Å². The van der Waals surface area contributed by atoms with Gasteiger partial charge in [0, 0.05) is 38.4 Å². The van der Waals surface area contributed by atoms with Gasteiger partial charge in [0.1, 0.15) is 11.6 Å². The summed E-state index contributed by atoms with van der Waals surface area (Å²) in [5, 5.41) is 2.88. The number of carbonyl (C=O) groups is 2. The highest BCUT2D eigenvalue weighted by molar-refractivity contribution is 5.98. The predicted octanol–water partition coefficient (Wildman–Crippen LogP) is 2.84. The SMILES string of the molecule is CCC(CCc1ncc(N2CC[C@@H](Oc3ccc(OCC(F)(F)F)nc3)C2=O)cn1)NC(C)=O. The molecule has 1 saturated heterocycles. The third-order valence-electron chi connectivity index (χ3n) is 5.15. The standard InChI is InChI=1S/C22H26F3N5O4/c1-3-15(29-14(2)31)4-6-19-26-10-16(11-27-19)30-9-8-18(21(30)32)34-17-5-7-20(28-12-17)33-13-22(23,24)25/h5,7,10-12,15,18H,3-4,6,8-9,13H2,1-2H3,(H,29,31)/t15?,18-/m1/s1. The van der Waals surface area contributed by atoms with Gasteiger partial charge in [-0.05, 0) is 18.9 Å². The summed E-state index contributed by atoms with van der Waals surface area (Å²) < 4.78 is 46.9. The van der Waals surface area contributed by atoms with Crippen molar-refractivity contribution in [3.8, 4) is 11.6 Å². The number of hydrogen-bond donors (Lipinski definition) is 1. The Labute approximate surface area is 194 Å². The van der Waals surface area contributed by atoms with E-state index in [9.17, 15) is 22.8 Å². The molecular formula is C22H26F3N5O4. The number of amides is 2. The Morgan fingerprint density at radius 2 is 1.97 bits per heavy atom. The van der Waals surface area contributed by atoms with E-state index >= 15 is 0 Å². The van der Waals surface area contributed by atoms with Crippen LogP contribution in [0.25, 0.3) is 0 Å². The average Bonchev–Trinajstić information content (AvgIpc) is 3.15. The topological polar surface area (TPSA) is 107 Å². The molecule has 2 aromatic rings. The molecule has 0 aliphatic carbocycles. The molecule has 0 spiro atoms. The second kappa shape index (κ2) is 11.1. The number of carbonyl (C=O) groups excluding carboxylic acids is 2. The number of alkyl halides is 3. The second-order valence-electron chi connectivity index (χ2n) is 7.82. The van der Waals surface area contributed by atoms with Crippen LogP contribution in [-0.4, -0.2) is 58.2 Å². The third kappa shape index (κ3) is 7.29. The van der Waals surface area contributed by atoms with E-state index < -0.39 is 18.9 Å². The minimum atomic E-state index is -4.46. The normalized spacial score (nSPS) is 16.9. The lowest BCUT2D eigenvalue weighted by Crippen LogP contribution is -2.33. The molecule has 3 heterocycles. The molecule has 2 aromatic heterocycles. The molecule has 9 nitrogen and oxygen atoms in total. The fourth-order valence-electron chi connectivity index (χ4n) is 3.45. The number of aromatic nitrogens is 3. The zero-order valence-corrected chi connectivity index (χ0v) is 18.8. The van der Waals surface area contributed by atoms with Crippen LogP contribution in [0.15, 0.2) is 30.7 Å². The van der Waals surface area contributed by atoms with Crippen LogP contribution in [0.5, 0.6) is 11.6 Å². The zero-order chi connectivity index (χ0) is 24.7. The lowest BCUT2D eigenvalue weighted by Gasteiger charge is -2.17. The first-order valence-electron chi connectivity index (χ1n) is 10.9. The lowest BCUT2D eigenvalue weighted by molar-refractivity contribution is -0.154. The van der Waals surface area contributed by atoms with E-state index in [4.69, 9.17) is 4.74 Å². The quantitative estimate of drug-likeness (QED) is 0.556. The maximum Gasteiger partial charge on any atom is 0.422 e. The van der Waals surface area contributed by atoms with Gasteiger partial charge in [-0.25, -0.2) is 15.0 Å². The van der Waals surface area contributed by atoms with E-state index in [2.05, 4.69) is 25.0 Å². The van der Waals surface area contributed by atoms with Crippen LogP contribution in [0.4, 0.5) is 18.9 Å². The fourth-order valence-corrected chi connectivity index (χ4v) is 3.45. The number of halogens is 3. The van der Waals surface area contributed by atoms with Crippen molar-refractivity contribution < 1.29 is 32.2 Å². The highest BCUT2D eigenvalue weighted by Crippen LogP contribution is 2.25. The molecule has 0 bridgehead atoms. The fraction of sp³-hybridized carbons (Fsp3) is 0.500. The minimum Gasteiger partial charge on any atom is -0.479 e. The van der Waals surface area contributed by atoms with Crippen LogP contribution in [0.2, 0.25) is 0 Å². The Bertz CT molecular complexity index is 970. The molecule has 0 aromatic carbocycles. The molecule has 2 atom stereocenters. The van der Waals surface area contributed by atoms with Gasteiger partial charge >= 0.3 is 6.18 Å². The first kappa shape index (κ1) is 25.2. The molecule has 1 aliphatic rings. The van der Waals surface area contributed by atoms with Crippen molar-refractivity contribution in [3.63, 3.8) is 0 Å². The van der Waals surface area contributed by atoms with Crippen LogP contribution in [-0.2, 0) is 16.0 Å². The molecule has 1 unspecified atom stereocenters. The molecule has 1 N–H and O–H groups in total. The summed E-state index contributed by atoms with van der Waals surface area (Å²) in [5.41, 5.74) is 0.544. The maximum atomic E-state index is 12.8. The molecule has 3 rings (SSSR count). The number of hydrogen-bond acceptors (Lipinski definition) is 7. The van der Waals surface area contributed by atoms with Gasteiger partial charge in [-0.15, -0.1) is 0 Å². The summed E-state index contributed by atoms with van der Waals surface area (Å²) in [6.45, 7) is 2.45. The highest BCUT2D eigenvalue weighted by Gasteiger charge is 2.35. The molecule has 0 saturated carbocycles. The average molecular weight is 481 g/mol. The van der Waals surface area contributed by atoms with Crippen molar-refractivity contribution in [2.75, 3.05) is 18.1 Å². The summed E-state index contributed by atoms with van der Waals surface area (Å²) in [7, 11) is 0. The molecule has 12 heteroatoms. The lowest BCUT2D eigenvalue weighted by atomic mass is 10.1. The second-order valence-corrected chi connectivity index (χ2v) is 7.82. The number of ether oxygens (including phenoxy) is 2. The van der Waals surface area contributed by atoms with Gasteiger partial charge in [-0.2, -0.15) is 13.2 Å². The van der Waals surface area contributed by atoms with Gasteiger partial charge in [-0.3, -0.25) is 9.59 Å². The molecule has 184 valence electrons. The van der Waals surface area contributed by atoms with E-state index in [-0.39, 0.29) is 29.5 Å². The Morgan fingerprint density at radius 1 is 1.24 bits per heavy atom. The van der Waals surface area contributed by atoms with Crippen LogP contribution in [0.3, 0.4) is 0 Å². The molecule has 1 aliphatic heterocycles. The van der Waals surface area contributed by atoms with Crippen molar-refractivity contribution in [2.45, 2.75) is 57.9 Å². The van der Waals surface area contributed by atoms with E-state index in [0.29, 0.717) is 37.3 Å². The van der Waals surface area contributed by atoms with Crippen molar-refractivity contribution in [2.24, 2.45) is 0 Å². The molecule has 0 radical (unpaired) electrons. The van der Waals surface area contributed by atoms with Crippen LogP contribution < -0.4 is 19.7 Å². The summed E-state index contributed by atoms with van der Waals surface area (Å²) in [6, 6.07) is 2.70. The van der Waals surface area contributed by atoms with Crippen molar-refractivity contribution in [3.05, 3.63) is 36.5 Å². The van der Waals surface area contributed by atoms with Gasteiger partial charge < -0.3 is 19.7 Å². The van der Waals surface area contributed by atoms with Crippen LogP contribution in [0, 0.1) is 0 Å². The van der Waals surface area contributed by atoms with E-state index in [0.717, 1.165) is 6.42 Å². The van der Waals surface area contributed by atoms with Crippen LogP contribution >= 0.6 is 0 Å². The summed E-state index contributed by atoms with van der Waals surface area (Å²) in [5.74, 6) is 0.324. The summed E-state index contributed by atoms with van der Waals surface area (Å²) in [4.78, 5) is 38.0. The zero-order valence-electron chi connectivity index (χ0n) is 18.8. The smallest absolute Gasteiger partial charge is 0.422 e. The number of rotatable bonds is 10. The first-order chi connectivity index (χ1) is 16.1. The van der Waals surface area contributed by atoms with Crippen LogP contribution in [0.1, 0.15) is 38.9 Å². The van der Waals surface area contributed by atoms with Crippen molar-refractivity contribution in [1.29, 1.82) is 0 Å². The minimum absolute atomic E-state index is 0.0543. The first-order valence-corrected chi connectivity index (χ1v) is 10.9. The third-order valence-corrected chi connectivity index (χ3v) is 5.15. The molecule has 2 amide bonds. The maximum absolute atomic E-state index is 12.8. The Balaban J connectivity index is 1.52. The van der Waals surface area contributed by atoms with Crippen molar-refractivity contribution in [1.82, 2.24) is 20.3 Å². The van der Waals surface area contributed by atoms with Crippen molar-refractivity contribution >= 4 is 17.5 Å². The van der Waals surface area contributed by atoms with Gasteiger partial charge in [-0.1, -0.05) is 6.92 Å². The predicted molar refractivity (Wildman–Crippen MR) is 115 cm³/mol. The monoisotopic (exact) mass is 481 g/mol. The largest absolute Gasteiger partial charge is 0.479 e. The molecule has 34 heavy (non-hydrogen) atoms. The number of aryl methyl sites for hydroxylation is 1. The number of pyridine rings is 1. The molecule has 1 fully saturated rings. The van der Waals surface area contributed by atoms with E-state index in [1.807, 2.05) is 6.92 Å². The number of nitrogens with one attached hydrogen (secondary N) is 1. The Kier molecular flexibility index (Phi) is 8.24. The number of anilines is 1. The van der Waals surface area contributed by atoms with Gasteiger partial charge in [0.05, 0.1) is 24.3 Å². The summed E-state index contributed by atoms with van der Waals surface area (Å²) in [6.07, 6.45) is 1.68. The van der Waals surface area contributed by atoms with E-state index in [1.54, 1.807) is 12.4 Å². The Morgan fingerprint density at radius 3 is 2.56 bits per heavy atom. The van der Waals surface area contributed by atoms with E-state index in [1.165, 1.54) is 30.2 Å².